The predicted octanol–water partition coefficient (Wildman–Crippen LogP) is 5.27. The Kier molecular flexibility index (Phi) is 5.49. The van der Waals surface area contributed by atoms with Crippen LogP contribution < -0.4 is 14.8 Å². The van der Waals surface area contributed by atoms with Crippen LogP contribution in [0.1, 0.15) is 17.3 Å². The molecule has 26 heavy (non-hydrogen) atoms. The summed E-state index contributed by atoms with van der Waals surface area (Å²) in [6.45, 7) is 2.40. The van der Waals surface area contributed by atoms with Gasteiger partial charge in [0.15, 0.2) is 0 Å². The van der Waals surface area contributed by atoms with E-state index in [1.54, 1.807) is 48.5 Å². The van der Waals surface area contributed by atoms with E-state index < -0.39 is 0 Å². The summed E-state index contributed by atoms with van der Waals surface area (Å²) in [6, 6.07) is 19.7. The third-order valence-electron chi connectivity index (χ3n) is 3.60. The molecule has 0 aliphatic carbocycles. The van der Waals surface area contributed by atoms with Gasteiger partial charge in [0.1, 0.15) is 23.1 Å². The first kappa shape index (κ1) is 17.5. The Morgan fingerprint density at radius 3 is 2.19 bits per heavy atom. The molecule has 4 nitrogen and oxygen atoms in total. The molecule has 0 radical (unpaired) electrons. The smallest absolute Gasteiger partial charge is 0.255 e. The van der Waals surface area contributed by atoms with Gasteiger partial charge in [0.05, 0.1) is 12.3 Å². The molecule has 1 amide bonds. The number of amides is 1. The average molecular weight is 351 g/mol. The lowest BCUT2D eigenvalue weighted by atomic mass is 10.2. The van der Waals surface area contributed by atoms with E-state index in [0.29, 0.717) is 35.1 Å². The fourth-order valence-electron chi connectivity index (χ4n) is 2.36. The molecule has 0 spiro atoms. The van der Waals surface area contributed by atoms with Gasteiger partial charge in [-0.1, -0.05) is 12.1 Å². The van der Waals surface area contributed by atoms with E-state index in [4.69, 9.17) is 9.47 Å². The van der Waals surface area contributed by atoms with E-state index in [9.17, 15) is 9.18 Å². The Labute approximate surface area is 151 Å². The van der Waals surface area contributed by atoms with Crippen molar-refractivity contribution in [1.82, 2.24) is 0 Å². The van der Waals surface area contributed by atoms with Gasteiger partial charge in [-0.25, -0.2) is 4.39 Å². The van der Waals surface area contributed by atoms with Crippen molar-refractivity contribution in [3.05, 3.63) is 84.2 Å². The Morgan fingerprint density at radius 1 is 0.923 bits per heavy atom. The maximum absolute atomic E-state index is 12.9. The van der Waals surface area contributed by atoms with Gasteiger partial charge in [-0.2, -0.15) is 0 Å². The number of hydrogen-bond acceptors (Lipinski definition) is 3. The van der Waals surface area contributed by atoms with Gasteiger partial charge in [-0.3, -0.25) is 4.79 Å². The van der Waals surface area contributed by atoms with Crippen molar-refractivity contribution in [3.8, 4) is 17.2 Å². The van der Waals surface area contributed by atoms with Crippen molar-refractivity contribution in [2.24, 2.45) is 0 Å². The summed E-state index contributed by atoms with van der Waals surface area (Å²) >= 11 is 0. The van der Waals surface area contributed by atoms with Crippen LogP contribution in [0.5, 0.6) is 17.2 Å². The van der Waals surface area contributed by atoms with Gasteiger partial charge in [-0.05, 0) is 67.6 Å². The van der Waals surface area contributed by atoms with Crippen molar-refractivity contribution >= 4 is 11.6 Å². The van der Waals surface area contributed by atoms with E-state index in [1.807, 2.05) is 19.1 Å². The minimum absolute atomic E-state index is 0.245. The van der Waals surface area contributed by atoms with Crippen LogP contribution in [0.4, 0.5) is 10.1 Å². The number of halogens is 1. The van der Waals surface area contributed by atoms with Crippen molar-refractivity contribution in [2.75, 3.05) is 11.9 Å². The number of anilines is 1. The Morgan fingerprint density at radius 2 is 1.54 bits per heavy atom. The SMILES string of the molecule is CCOc1ccccc1NC(=O)c1ccc(Oc2ccc(F)cc2)cc1. The summed E-state index contributed by atoms with van der Waals surface area (Å²) in [5.74, 6) is 1.14. The maximum Gasteiger partial charge on any atom is 0.255 e. The first-order valence-electron chi connectivity index (χ1n) is 8.22. The molecule has 0 atom stereocenters. The van der Waals surface area contributed by atoms with E-state index in [2.05, 4.69) is 5.32 Å². The highest BCUT2D eigenvalue weighted by molar-refractivity contribution is 6.05. The largest absolute Gasteiger partial charge is 0.492 e. The van der Waals surface area contributed by atoms with Crippen LogP contribution >= 0.6 is 0 Å². The number of rotatable bonds is 6. The number of nitrogens with one attached hydrogen (secondary N) is 1. The second-order valence-electron chi connectivity index (χ2n) is 5.46. The molecular weight excluding hydrogens is 333 g/mol. The van der Waals surface area contributed by atoms with Crippen LogP contribution in [0.2, 0.25) is 0 Å². The van der Waals surface area contributed by atoms with Gasteiger partial charge in [0.25, 0.3) is 5.91 Å². The molecule has 3 aromatic carbocycles. The highest BCUT2D eigenvalue weighted by Crippen LogP contribution is 2.25. The molecule has 3 rings (SSSR count). The molecule has 5 heteroatoms. The Bertz CT molecular complexity index is 877. The minimum atomic E-state index is -0.322. The fraction of sp³-hybridized carbons (Fsp3) is 0.0952. The van der Waals surface area contributed by atoms with Gasteiger partial charge in [0.2, 0.25) is 0 Å². The lowest BCUT2D eigenvalue weighted by Crippen LogP contribution is -2.12. The molecule has 1 N–H and O–H groups in total. The van der Waals surface area contributed by atoms with E-state index in [1.165, 1.54) is 12.1 Å². The van der Waals surface area contributed by atoms with E-state index >= 15 is 0 Å². The summed E-state index contributed by atoms with van der Waals surface area (Å²) in [5.41, 5.74) is 1.11. The van der Waals surface area contributed by atoms with Crippen molar-refractivity contribution < 1.29 is 18.7 Å². The molecular formula is C21H18FNO3. The molecule has 0 saturated carbocycles. The van der Waals surface area contributed by atoms with Gasteiger partial charge >= 0.3 is 0 Å². The number of hydrogen-bond donors (Lipinski definition) is 1. The summed E-state index contributed by atoms with van der Waals surface area (Å²) < 4.78 is 24.0. The number of para-hydroxylation sites is 2. The second-order valence-corrected chi connectivity index (χ2v) is 5.46. The molecule has 132 valence electrons. The van der Waals surface area contributed by atoms with Crippen molar-refractivity contribution in [2.45, 2.75) is 6.92 Å². The van der Waals surface area contributed by atoms with Gasteiger partial charge in [-0.15, -0.1) is 0 Å². The fourth-order valence-corrected chi connectivity index (χ4v) is 2.36. The summed E-state index contributed by atoms with van der Waals surface area (Å²) in [4.78, 5) is 12.4. The zero-order chi connectivity index (χ0) is 18.4. The van der Waals surface area contributed by atoms with Crippen LogP contribution in [0, 0.1) is 5.82 Å². The summed E-state index contributed by atoms with van der Waals surface area (Å²) in [7, 11) is 0. The Balaban J connectivity index is 1.68. The molecule has 0 bridgehead atoms. The zero-order valence-corrected chi connectivity index (χ0v) is 14.2. The first-order chi connectivity index (χ1) is 12.7. The number of carbonyl (C=O) groups is 1. The lowest BCUT2D eigenvalue weighted by Gasteiger charge is -2.11. The highest BCUT2D eigenvalue weighted by atomic mass is 19.1. The normalized spacial score (nSPS) is 10.2. The van der Waals surface area contributed by atoms with E-state index in [0.717, 1.165) is 0 Å². The topological polar surface area (TPSA) is 47.6 Å². The summed E-state index contributed by atoms with van der Waals surface area (Å²) in [6.07, 6.45) is 0. The molecule has 0 heterocycles. The van der Waals surface area contributed by atoms with Gasteiger partial charge < -0.3 is 14.8 Å². The molecule has 0 fully saturated rings. The zero-order valence-electron chi connectivity index (χ0n) is 14.2. The monoisotopic (exact) mass is 351 g/mol. The quantitative estimate of drug-likeness (QED) is 0.658. The molecule has 0 aliphatic rings. The van der Waals surface area contributed by atoms with Crippen LogP contribution in [0.25, 0.3) is 0 Å². The molecule has 0 aliphatic heterocycles. The van der Waals surface area contributed by atoms with Crippen LogP contribution in [0.15, 0.2) is 72.8 Å². The molecule has 0 aromatic heterocycles. The van der Waals surface area contributed by atoms with Crippen molar-refractivity contribution in [3.63, 3.8) is 0 Å². The van der Waals surface area contributed by atoms with Crippen LogP contribution in [-0.2, 0) is 0 Å². The molecule has 0 saturated heterocycles. The average Bonchev–Trinajstić information content (AvgIpc) is 2.66. The third kappa shape index (κ3) is 4.39. The number of carbonyl (C=O) groups excluding carboxylic acids is 1. The molecule has 0 unspecified atom stereocenters. The molecule has 3 aromatic rings. The first-order valence-corrected chi connectivity index (χ1v) is 8.22. The lowest BCUT2D eigenvalue weighted by molar-refractivity contribution is 0.102. The highest BCUT2D eigenvalue weighted by Gasteiger charge is 2.10. The predicted molar refractivity (Wildman–Crippen MR) is 98.5 cm³/mol. The Hall–Kier alpha value is -3.34. The standard InChI is InChI=1S/C21H18FNO3/c1-2-25-20-6-4-3-5-19(20)23-21(24)15-7-11-17(12-8-15)26-18-13-9-16(22)10-14-18/h3-14H,2H2,1H3,(H,23,24). The van der Waals surface area contributed by atoms with Crippen LogP contribution in [0.3, 0.4) is 0 Å². The van der Waals surface area contributed by atoms with Crippen molar-refractivity contribution in [1.29, 1.82) is 0 Å². The number of ether oxygens (including phenoxy) is 2. The van der Waals surface area contributed by atoms with Gasteiger partial charge in [0, 0.05) is 5.56 Å². The minimum Gasteiger partial charge on any atom is -0.492 e. The second kappa shape index (κ2) is 8.16. The van der Waals surface area contributed by atoms with Crippen LogP contribution in [-0.4, -0.2) is 12.5 Å². The van der Waals surface area contributed by atoms with E-state index in [-0.39, 0.29) is 11.7 Å². The third-order valence-corrected chi connectivity index (χ3v) is 3.60. The maximum atomic E-state index is 12.9. The summed E-state index contributed by atoms with van der Waals surface area (Å²) in [5, 5.41) is 2.84. The number of benzene rings is 3.